The summed E-state index contributed by atoms with van der Waals surface area (Å²) in [7, 11) is 3.82. The van der Waals surface area contributed by atoms with Crippen LogP contribution >= 0.6 is 0 Å². The Labute approximate surface area is 200 Å². The number of benzene rings is 2. The Balaban J connectivity index is 1.28. The van der Waals surface area contributed by atoms with Gasteiger partial charge in [-0.2, -0.15) is 0 Å². The average molecular weight is 475 g/mol. The Morgan fingerprint density at radius 2 is 1.49 bits per heavy atom. The van der Waals surface area contributed by atoms with Gasteiger partial charge < -0.3 is 33.7 Å². The van der Waals surface area contributed by atoms with E-state index in [-0.39, 0.29) is 12.0 Å². The standard InChI is InChI=1S/C25H22FN5O4/c1-30-18-11-22-20(32-3-5-34-22)9-14(18)28-24(30)16-7-13(26)8-17(27-16)25-29-15-10-21-23(35-6-4-33-21)12-19(15)31(25)2/h7-12,24,28H,3-6H2,1-2H3. The first-order chi connectivity index (χ1) is 17.0. The second-order valence-corrected chi connectivity index (χ2v) is 8.75. The molecule has 0 fully saturated rings. The molecule has 9 nitrogen and oxygen atoms in total. The minimum atomic E-state index is -0.389. The summed E-state index contributed by atoms with van der Waals surface area (Å²) in [5.74, 6) is 2.90. The summed E-state index contributed by atoms with van der Waals surface area (Å²) < 4.78 is 39.6. The molecule has 3 aliphatic rings. The Kier molecular flexibility index (Phi) is 4.26. The minimum Gasteiger partial charge on any atom is -0.486 e. The molecule has 0 aliphatic carbocycles. The van der Waals surface area contributed by atoms with Crippen molar-refractivity contribution in [1.82, 2.24) is 14.5 Å². The van der Waals surface area contributed by atoms with Crippen LogP contribution in [-0.2, 0) is 7.05 Å². The number of pyridine rings is 1. The van der Waals surface area contributed by atoms with E-state index in [0.29, 0.717) is 66.6 Å². The number of hydrogen-bond donors (Lipinski definition) is 1. The number of halogens is 1. The van der Waals surface area contributed by atoms with E-state index in [9.17, 15) is 4.39 Å². The van der Waals surface area contributed by atoms with E-state index in [1.54, 1.807) is 0 Å². The molecule has 0 bridgehead atoms. The van der Waals surface area contributed by atoms with Gasteiger partial charge in [0.25, 0.3) is 0 Å². The molecule has 1 N–H and O–H groups in total. The number of rotatable bonds is 2. The van der Waals surface area contributed by atoms with E-state index in [1.165, 1.54) is 12.1 Å². The van der Waals surface area contributed by atoms with E-state index in [0.717, 1.165) is 22.4 Å². The third-order valence-corrected chi connectivity index (χ3v) is 6.58. The maximum absolute atomic E-state index is 14.9. The van der Waals surface area contributed by atoms with Gasteiger partial charge in [-0.15, -0.1) is 0 Å². The number of nitrogens with one attached hydrogen (secondary N) is 1. The van der Waals surface area contributed by atoms with Crippen LogP contribution in [0.15, 0.2) is 36.4 Å². The summed E-state index contributed by atoms with van der Waals surface area (Å²) in [6.07, 6.45) is -0.368. The van der Waals surface area contributed by atoms with Gasteiger partial charge in [0.1, 0.15) is 44.1 Å². The molecule has 7 rings (SSSR count). The highest BCUT2D eigenvalue weighted by molar-refractivity contribution is 5.84. The maximum Gasteiger partial charge on any atom is 0.163 e. The van der Waals surface area contributed by atoms with Gasteiger partial charge in [-0.1, -0.05) is 0 Å². The molecule has 0 radical (unpaired) electrons. The lowest BCUT2D eigenvalue weighted by atomic mass is 10.2. The van der Waals surface area contributed by atoms with Crippen molar-refractivity contribution in [3.63, 3.8) is 0 Å². The van der Waals surface area contributed by atoms with Gasteiger partial charge in [-0.25, -0.2) is 14.4 Å². The molecular weight excluding hydrogens is 453 g/mol. The molecule has 1 unspecified atom stereocenters. The van der Waals surface area contributed by atoms with Gasteiger partial charge >= 0.3 is 0 Å². The van der Waals surface area contributed by atoms with E-state index in [1.807, 2.05) is 47.8 Å². The largest absolute Gasteiger partial charge is 0.486 e. The fourth-order valence-electron chi connectivity index (χ4n) is 4.87. The molecule has 35 heavy (non-hydrogen) atoms. The zero-order valence-corrected chi connectivity index (χ0v) is 19.2. The van der Waals surface area contributed by atoms with Crippen LogP contribution in [0.5, 0.6) is 23.0 Å². The van der Waals surface area contributed by atoms with Crippen molar-refractivity contribution in [2.45, 2.75) is 6.17 Å². The number of ether oxygens (including phenoxy) is 4. The lowest BCUT2D eigenvalue weighted by Gasteiger charge is -2.23. The van der Waals surface area contributed by atoms with Crippen molar-refractivity contribution >= 4 is 22.4 Å². The molecule has 2 aromatic heterocycles. The van der Waals surface area contributed by atoms with E-state index in [2.05, 4.69) is 5.32 Å². The number of fused-ring (bicyclic) bond motifs is 4. The topological polar surface area (TPSA) is 82.9 Å². The predicted octanol–water partition coefficient (Wildman–Crippen LogP) is 3.88. The first-order valence-electron chi connectivity index (χ1n) is 11.4. The van der Waals surface area contributed by atoms with E-state index >= 15 is 0 Å². The highest BCUT2D eigenvalue weighted by Crippen LogP contribution is 2.46. The van der Waals surface area contributed by atoms with Gasteiger partial charge in [-0.05, 0) is 6.07 Å². The molecule has 0 amide bonds. The molecule has 4 aromatic rings. The summed E-state index contributed by atoms with van der Waals surface area (Å²) in [5, 5.41) is 3.44. The van der Waals surface area contributed by atoms with Crippen molar-refractivity contribution in [3.8, 4) is 34.5 Å². The zero-order valence-electron chi connectivity index (χ0n) is 19.2. The molecule has 178 valence electrons. The average Bonchev–Trinajstić information content (AvgIpc) is 3.37. The van der Waals surface area contributed by atoms with Gasteiger partial charge in [-0.3, -0.25) is 0 Å². The summed E-state index contributed by atoms with van der Waals surface area (Å²) >= 11 is 0. The van der Waals surface area contributed by atoms with Gasteiger partial charge in [0.05, 0.1) is 28.1 Å². The van der Waals surface area contributed by atoms with Crippen LogP contribution in [-0.4, -0.2) is 48.0 Å². The summed E-state index contributed by atoms with van der Waals surface area (Å²) in [6.45, 7) is 2.03. The van der Waals surface area contributed by atoms with Crippen LogP contribution in [0, 0.1) is 5.82 Å². The molecule has 0 spiro atoms. The molecule has 0 saturated carbocycles. The Hall–Kier alpha value is -4.21. The normalized spacial score (nSPS) is 17.9. The Morgan fingerprint density at radius 3 is 2.23 bits per heavy atom. The predicted molar refractivity (Wildman–Crippen MR) is 127 cm³/mol. The number of imidazole rings is 1. The van der Waals surface area contributed by atoms with Crippen molar-refractivity contribution in [2.75, 3.05) is 43.7 Å². The van der Waals surface area contributed by atoms with Crippen LogP contribution in [0.3, 0.4) is 0 Å². The van der Waals surface area contributed by atoms with Crippen LogP contribution in [0.25, 0.3) is 22.6 Å². The van der Waals surface area contributed by atoms with Crippen molar-refractivity contribution in [2.24, 2.45) is 7.05 Å². The summed E-state index contributed by atoms with van der Waals surface area (Å²) in [5.41, 5.74) is 4.37. The fourth-order valence-corrected chi connectivity index (χ4v) is 4.87. The third-order valence-electron chi connectivity index (χ3n) is 6.58. The number of aryl methyl sites for hydroxylation is 1. The fraction of sp³-hybridized carbons (Fsp3) is 0.280. The SMILES string of the molecule is CN1c2cc3c(cc2NC1c1cc(F)cc(-c2nc4cc5c(cc4n2C)OCCO5)n1)OCCO3. The monoisotopic (exact) mass is 475 g/mol. The minimum absolute atomic E-state index is 0.368. The zero-order chi connectivity index (χ0) is 23.7. The number of aromatic nitrogens is 3. The molecular formula is C25H22FN5O4. The number of nitrogens with zero attached hydrogens (tertiary/aromatic N) is 4. The molecule has 10 heteroatoms. The maximum atomic E-state index is 14.9. The first-order valence-corrected chi connectivity index (χ1v) is 11.4. The van der Waals surface area contributed by atoms with Crippen molar-refractivity contribution in [1.29, 1.82) is 0 Å². The highest BCUT2D eigenvalue weighted by atomic mass is 19.1. The van der Waals surface area contributed by atoms with E-state index < -0.39 is 0 Å². The smallest absolute Gasteiger partial charge is 0.163 e. The molecule has 0 saturated heterocycles. The highest BCUT2D eigenvalue weighted by Gasteiger charge is 2.31. The van der Waals surface area contributed by atoms with Gasteiger partial charge in [0, 0.05) is 44.4 Å². The van der Waals surface area contributed by atoms with Crippen LogP contribution < -0.4 is 29.2 Å². The third kappa shape index (κ3) is 3.13. The second kappa shape index (κ2) is 7.39. The van der Waals surface area contributed by atoms with Crippen molar-refractivity contribution in [3.05, 3.63) is 47.9 Å². The number of anilines is 2. The first kappa shape index (κ1) is 20.2. The van der Waals surface area contributed by atoms with Crippen LogP contribution in [0.4, 0.5) is 15.8 Å². The summed E-state index contributed by atoms with van der Waals surface area (Å²) in [6, 6.07) is 10.4. The van der Waals surface area contributed by atoms with Gasteiger partial charge in [0.15, 0.2) is 28.8 Å². The Morgan fingerprint density at radius 1 is 0.829 bits per heavy atom. The lowest BCUT2D eigenvalue weighted by Crippen LogP contribution is -2.25. The summed E-state index contributed by atoms with van der Waals surface area (Å²) in [4.78, 5) is 11.6. The second-order valence-electron chi connectivity index (χ2n) is 8.75. The molecule has 1 atom stereocenters. The van der Waals surface area contributed by atoms with Gasteiger partial charge in [0.2, 0.25) is 0 Å². The quantitative estimate of drug-likeness (QED) is 0.468. The van der Waals surface area contributed by atoms with Crippen LogP contribution in [0.2, 0.25) is 0 Å². The molecule has 5 heterocycles. The van der Waals surface area contributed by atoms with Crippen LogP contribution in [0.1, 0.15) is 11.9 Å². The van der Waals surface area contributed by atoms with Crippen molar-refractivity contribution < 1.29 is 23.3 Å². The molecule has 2 aromatic carbocycles. The number of hydrogen-bond acceptors (Lipinski definition) is 8. The van der Waals surface area contributed by atoms with E-state index in [4.69, 9.17) is 28.9 Å². The lowest BCUT2D eigenvalue weighted by molar-refractivity contribution is 0.172. The molecule has 3 aliphatic heterocycles. The Bertz CT molecular complexity index is 1500.